The van der Waals surface area contributed by atoms with Crippen molar-refractivity contribution >= 4 is 15.7 Å². The highest BCUT2D eigenvalue weighted by atomic mass is 32.2. The summed E-state index contributed by atoms with van der Waals surface area (Å²) in [7, 11) is -4.00. The summed E-state index contributed by atoms with van der Waals surface area (Å²) in [5.41, 5.74) is 1.69. The van der Waals surface area contributed by atoms with Gasteiger partial charge < -0.3 is 9.67 Å². The lowest BCUT2D eigenvalue weighted by atomic mass is 10.1. The van der Waals surface area contributed by atoms with Gasteiger partial charge in [-0.2, -0.15) is 0 Å². The average Bonchev–Trinajstić information content (AvgIpc) is 3.09. The molecule has 26 heavy (non-hydrogen) atoms. The second-order valence-electron chi connectivity index (χ2n) is 6.16. The van der Waals surface area contributed by atoms with E-state index in [1.807, 2.05) is 29.8 Å². The van der Waals surface area contributed by atoms with Gasteiger partial charge in [-0.25, -0.2) is 12.8 Å². The number of anilines is 1. The molecule has 0 saturated heterocycles. The number of phenols is 1. The van der Waals surface area contributed by atoms with Crippen LogP contribution in [0.15, 0.2) is 65.7 Å². The first kappa shape index (κ1) is 16.7. The Bertz CT molecular complexity index is 1090. The Hall–Kier alpha value is -2.80. The highest BCUT2D eigenvalue weighted by Crippen LogP contribution is 2.44. The number of aromatic nitrogens is 1. The van der Waals surface area contributed by atoms with Gasteiger partial charge in [-0.15, -0.1) is 0 Å². The Balaban J connectivity index is 2.00. The van der Waals surface area contributed by atoms with Crippen molar-refractivity contribution in [3.63, 3.8) is 0 Å². The van der Waals surface area contributed by atoms with E-state index in [-0.39, 0.29) is 16.3 Å². The van der Waals surface area contributed by atoms with Gasteiger partial charge in [0.05, 0.1) is 22.3 Å². The average molecular weight is 372 g/mol. The van der Waals surface area contributed by atoms with Crippen molar-refractivity contribution in [1.29, 1.82) is 0 Å². The minimum atomic E-state index is -4.00. The van der Waals surface area contributed by atoms with E-state index in [0.717, 1.165) is 5.69 Å². The van der Waals surface area contributed by atoms with Crippen LogP contribution in [0.5, 0.6) is 5.75 Å². The predicted molar refractivity (Wildman–Crippen MR) is 96.5 cm³/mol. The second kappa shape index (κ2) is 5.88. The van der Waals surface area contributed by atoms with Crippen LogP contribution in [-0.2, 0) is 10.0 Å². The fourth-order valence-corrected chi connectivity index (χ4v) is 5.22. The van der Waals surface area contributed by atoms with Crippen molar-refractivity contribution < 1.29 is 17.9 Å². The van der Waals surface area contributed by atoms with Crippen LogP contribution in [0.25, 0.3) is 5.69 Å². The van der Waals surface area contributed by atoms with Crippen molar-refractivity contribution in [2.24, 2.45) is 0 Å². The molecule has 2 aromatic carbocycles. The molecule has 5 nitrogen and oxygen atoms in total. The lowest BCUT2D eigenvalue weighted by Crippen LogP contribution is -2.39. The topological polar surface area (TPSA) is 62.5 Å². The molecule has 2 heterocycles. The van der Waals surface area contributed by atoms with E-state index in [2.05, 4.69) is 0 Å². The highest BCUT2D eigenvalue weighted by molar-refractivity contribution is 7.92. The SMILES string of the molecule is CCC1c2cccn2-c2ccc(F)cc2N1S(=O)(=O)c1cccc(O)c1. The molecule has 4 rings (SSSR count). The zero-order valence-corrected chi connectivity index (χ0v) is 14.8. The Morgan fingerprint density at radius 2 is 1.88 bits per heavy atom. The van der Waals surface area contributed by atoms with Gasteiger partial charge in [0.1, 0.15) is 11.6 Å². The fraction of sp³-hybridized carbons (Fsp3) is 0.158. The number of sulfonamides is 1. The molecule has 0 radical (unpaired) electrons. The Kier molecular flexibility index (Phi) is 3.77. The van der Waals surface area contributed by atoms with Crippen LogP contribution in [0, 0.1) is 5.82 Å². The molecule has 0 amide bonds. The summed E-state index contributed by atoms with van der Waals surface area (Å²) >= 11 is 0. The first-order chi connectivity index (χ1) is 12.4. The standard InChI is InChI=1S/C19H17FN2O3S/c1-2-16-17-7-4-10-21(17)18-9-8-13(20)11-19(18)22(16)26(24,25)15-6-3-5-14(23)12-15/h3-12,16,23H,2H2,1H3. The lowest BCUT2D eigenvalue weighted by Gasteiger charge is -2.38. The normalized spacial score (nSPS) is 16.2. The fourth-order valence-electron chi connectivity index (χ4n) is 3.48. The van der Waals surface area contributed by atoms with E-state index in [0.29, 0.717) is 12.1 Å². The van der Waals surface area contributed by atoms with E-state index >= 15 is 0 Å². The first-order valence-electron chi connectivity index (χ1n) is 8.24. The molecule has 1 aliphatic heterocycles. The van der Waals surface area contributed by atoms with Gasteiger partial charge in [-0.05, 0) is 42.8 Å². The van der Waals surface area contributed by atoms with Crippen LogP contribution in [0.4, 0.5) is 10.1 Å². The van der Waals surface area contributed by atoms with Gasteiger partial charge in [0.2, 0.25) is 0 Å². The number of benzene rings is 2. The number of hydrogen-bond acceptors (Lipinski definition) is 3. The van der Waals surface area contributed by atoms with Gasteiger partial charge in [0.15, 0.2) is 0 Å². The van der Waals surface area contributed by atoms with E-state index in [1.165, 1.54) is 40.7 Å². The maximum absolute atomic E-state index is 14.0. The Morgan fingerprint density at radius 1 is 1.08 bits per heavy atom. The largest absolute Gasteiger partial charge is 0.508 e. The Morgan fingerprint density at radius 3 is 2.62 bits per heavy atom. The monoisotopic (exact) mass is 372 g/mol. The molecule has 3 aromatic rings. The van der Waals surface area contributed by atoms with Gasteiger partial charge in [-0.1, -0.05) is 13.0 Å². The van der Waals surface area contributed by atoms with E-state index in [4.69, 9.17) is 0 Å². The molecule has 1 atom stereocenters. The number of phenolic OH excluding ortho intramolecular Hbond substituents is 1. The molecule has 1 unspecified atom stereocenters. The van der Waals surface area contributed by atoms with E-state index in [1.54, 1.807) is 6.07 Å². The van der Waals surface area contributed by atoms with E-state index < -0.39 is 21.9 Å². The zero-order valence-electron chi connectivity index (χ0n) is 14.0. The minimum absolute atomic E-state index is 0.0360. The van der Waals surface area contributed by atoms with Crippen LogP contribution in [0.3, 0.4) is 0 Å². The van der Waals surface area contributed by atoms with Crippen molar-refractivity contribution in [2.45, 2.75) is 24.3 Å². The van der Waals surface area contributed by atoms with Crippen molar-refractivity contribution in [3.05, 3.63) is 72.3 Å². The number of fused-ring (bicyclic) bond motifs is 3. The van der Waals surface area contributed by atoms with Crippen molar-refractivity contribution in [2.75, 3.05) is 4.31 Å². The molecule has 0 aliphatic carbocycles. The molecule has 0 spiro atoms. The van der Waals surface area contributed by atoms with Crippen LogP contribution in [0.1, 0.15) is 25.1 Å². The van der Waals surface area contributed by atoms with Crippen molar-refractivity contribution in [1.82, 2.24) is 4.57 Å². The maximum Gasteiger partial charge on any atom is 0.265 e. The molecular formula is C19H17FN2O3S. The van der Waals surface area contributed by atoms with E-state index in [9.17, 15) is 17.9 Å². The quantitative estimate of drug-likeness (QED) is 0.756. The summed E-state index contributed by atoms with van der Waals surface area (Å²) < 4.78 is 43.9. The summed E-state index contributed by atoms with van der Waals surface area (Å²) in [4.78, 5) is -0.0360. The molecule has 0 fully saturated rings. The number of halogens is 1. The molecule has 7 heteroatoms. The third kappa shape index (κ3) is 2.39. The number of nitrogens with zero attached hydrogens (tertiary/aromatic N) is 2. The smallest absolute Gasteiger partial charge is 0.265 e. The predicted octanol–water partition coefficient (Wildman–Crippen LogP) is 3.98. The van der Waals surface area contributed by atoms with Crippen LogP contribution in [0.2, 0.25) is 0 Å². The van der Waals surface area contributed by atoms with Gasteiger partial charge in [0.25, 0.3) is 10.0 Å². The van der Waals surface area contributed by atoms with Crippen LogP contribution < -0.4 is 4.31 Å². The zero-order chi connectivity index (χ0) is 18.5. The van der Waals surface area contributed by atoms with Crippen molar-refractivity contribution in [3.8, 4) is 11.4 Å². The molecule has 0 saturated carbocycles. The summed E-state index contributed by atoms with van der Waals surface area (Å²) in [5.74, 6) is -0.649. The van der Waals surface area contributed by atoms with Crippen LogP contribution in [-0.4, -0.2) is 18.1 Å². The van der Waals surface area contributed by atoms with Gasteiger partial charge in [-0.3, -0.25) is 4.31 Å². The maximum atomic E-state index is 14.0. The summed E-state index contributed by atoms with van der Waals surface area (Å²) in [5, 5.41) is 9.71. The number of aromatic hydroxyl groups is 1. The third-order valence-corrected chi connectivity index (χ3v) is 6.42. The van der Waals surface area contributed by atoms with Gasteiger partial charge >= 0.3 is 0 Å². The molecule has 1 aliphatic rings. The molecule has 134 valence electrons. The second-order valence-corrected chi connectivity index (χ2v) is 7.97. The van der Waals surface area contributed by atoms with Crippen LogP contribution >= 0.6 is 0 Å². The molecule has 0 bridgehead atoms. The number of hydrogen-bond donors (Lipinski definition) is 1. The molecule has 1 aromatic heterocycles. The van der Waals surface area contributed by atoms with Gasteiger partial charge in [0, 0.05) is 24.0 Å². The first-order valence-corrected chi connectivity index (χ1v) is 9.68. The summed E-state index contributed by atoms with van der Waals surface area (Å²) in [6.45, 7) is 1.89. The third-order valence-electron chi connectivity index (χ3n) is 4.60. The highest BCUT2D eigenvalue weighted by Gasteiger charge is 2.38. The number of rotatable bonds is 3. The summed E-state index contributed by atoms with van der Waals surface area (Å²) in [6.07, 6.45) is 2.35. The molecule has 1 N–H and O–H groups in total. The Labute approximate surface area is 151 Å². The minimum Gasteiger partial charge on any atom is -0.508 e. The summed E-state index contributed by atoms with van der Waals surface area (Å²) in [6, 6.07) is 12.9. The molecular weight excluding hydrogens is 355 g/mol. The lowest BCUT2D eigenvalue weighted by molar-refractivity contribution is 0.473.